The topological polar surface area (TPSA) is 207 Å². The number of nitrogens with zero attached hydrogens (tertiary/aromatic N) is 5. The van der Waals surface area contributed by atoms with E-state index in [9.17, 15) is 44.1 Å². The molecular weight excluding hydrogens is 1050 g/mol. The number of anilines is 2. The quantitative estimate of drug-likeness (QED) is 0.0686. The first-order chi connectivity index (χ1) is 35.3. The zero-order chi connectivity index (χ0) is 54.1. The van der Waals surface area contributed by atoms with Crippen molar-refractivity contribution >= 4 is 75.1 Å². The second-order valence-corrected chi connectivity index (χ2v) is 27.3. The molecule has 75 heavy (non-hydrogen) atoms. The first kappa shape index (κ1) is 56.0. The number of aliphatic hydroxyl groups is 1. The van der Waals surface area contributed by atoms with Gasteiger partial charge in [0.2, 0.25) is 0 Å². The first-order valence-electron chi connectivity index (χ1n) is 24.9. The molecule has 1 aliphatic carbocycles. The van der Waals surface area contributed by atoms with E-state index >= 15 is 0 Å². The number of benzene rings is 3. The Labute approximate surface area is 442 Å². The van der Waals surface area contributed by atoms with Crippen LogP contribution >= 0.6 is 11.6 Å². The Kier molecular flexibility index (Phi) is 16.7. The average molecular weight is 1120 g/mol. The minimum absolute atomic E-state index is 0.0335. The van der Waals surface area contributed by atoms with E-state index in [-0.39, 0.29) is 39.9 Å². The van der Waals surface area contributed by atoms with Crippen LogP contribution in [0.15, 0.2) is 105 Å². The highest BCUT2D eigenvalue weighted by atomic mass is 35.5. The number of aromatic amines is 1. The number of hydrogen-bond acceptors (Lipinski definition) is 14. The number of amides is 1. The summed E-state index contributed by atoms with van der Waals surface area (Å²) >= 11 is 6.24. The maximum Gasteiger partial charge on any atom is 0.501 e. The molecule has 1 unspecified atom stereocenters. The van der Waals surface area contributed by atoms with E-state index in [1.165, 1.54) is 29.0 Å². The summed E-state index contributed by atoms with van der Waals surface area (Å²) < 4.78 is 122. The SMILES string of the molecule is CC(C)C(O)N=S1(=O)CCN(CC[C@H](C)Nc2ccc(S(=O)(=O)NC(=O)c3ccc(N4CCN(CC5=C(c6ccc(Cl)cc6)CC(C)(C)CC5)CC4)cc3Oc3cnc4[nH]ccc4c3)cc2S(=O)(=O)C(F)(F)F)CC1. The number of sulfonamides is 1. The Morgan fingerprint density at radius 3 is 2.33 bits per heavy atom. The summed E-state index contributed by atoms with van der Waals surface area (Å²) in [6, 6.07) is 17.8. The van der Waals surface area contributed by atoms with Crippen molar-refractivity contribution in [3.8, 4) is 11.5 Å². The Morgan fingerprint density at radius 2 is 1.65 bits per heavy atom. The lowest BCUT2D eigenvalue weighted by Gasteiger charge is -2.39. The molecule has 3 aliphatic rings. The Balaban J connectivity index is 0.992. The van der Waals surface area contributed by atoms with Gasteiger partial charge in [0.25, 0.3) is 25.8 Å². The van der Waals surface area contributed by atoms with E-state index in [1.807, 2.05) is 21.8 Å². The second-order valence-electron chi connectivity index (χ2n) is 20.7. The lowest BCUT2D eigenvalue weighted by atomic mass is 9.72. The molecule has 2 fully saturated rings. The van der Waals surface area contributed by atoms with Crippen LogP contribution in [0.2, 0.25) is 5.02 Å². The van der Waals surface area contributed by atoms with Gasteiger partial charge in [-0.1, -0.05) is 57.0 Å². The van der Waals surface area contributed by atoms with Crippen molar-refractivity contribution in [1.29, 1.82) is 0 Å². The van der Waals surface area contributed by atoms with Gasteiger partial charge in [-0.05, 0) is 104 Å². The highest BCUT2D eigenvalue weighted by molar-refractivity contribution is 7.93. The number of sulfone groups is 1. The molecule has 8 rings (SSSR count). The molecular formula is C52H64ClF3N8O8S3. The normalized spacial score (nSPS) is 18.7. The minimum Gasteiger partial charge on any atom is -0.455 e. The molecule has 2 aliphatic heterocycles. The van der Waals surface area contributed by atoms with E-state index in [4.69, 9.17) is 16.3 Å². The predicted molar refractivity (Wildman–Crippen MR) is 287 cm³/mol. The van der Waals surface area contributed by atoms with E-state index in [0.29, 0.717) is 67.0 Å². The fraction of sp³-hybridized carbons (Fsp3) is 0.462. The number of carbonyl (C=O) groups is 1. The molecule has 4 heterocycles. The number of piperazine rings is 1. The Morgan fingerprint density at radius 1 is 0.947 bits per heavy atom. The van der Waals surface area contributed by atoms with Gasteiger partial charge in [0, 0.05) is 104 Å². The van der Waals surface area contributed by atoms with Crippen molar-refractivity contribution in [3.63, 3.8) is 0 Å². The number of hydrogen-bond donors (Lipinski definition) is 4. The zero-order valence-electron chi connectivity index (χ0n) is 42.5. The summed E-state index contributed by atoms with van der Waals surface area (Å²) in [4.78, 5) is 25.8. The molecule has 0 spiro atoms. The van der Waals surface area contributed by atoms with Gasteiger partial charge in [0.15, 0.2) is 6.23 Å². The van der Waals surface area contributed by atoms with E-state index in [2.05, 4.69) is 55.4 Å². The third-order valence-corrected chi connectivity index (χ3v) is 19.4. The zero-order valence-corrected chi connectivity index (χ0v) is 45.7. The summed E-state index contributed by atoms with van der Waals surface area (Å²) in [5, 5.41) is 14.3. The lowest BCUT2D eigenvalue weighted by Crippen LogP contribution is -2.47. The number of alkyl halides is 3. The van der Waals surface area contributed by atoms with Crippen molar-refractivity contribution < 1.29 is 48.9 Å². The van der Waals surface area contributed by atoms with Crippen molar-refractivity contribution in [3.05, 3.63) is 107 Å². The number of H-pyrrole nitrogens is 1. The second kappa shape index (κ2) is 22.4. The minimum atomic E-state index is -6.13. The molecule has 406 valence electrons. The molecule has 2 saturated heterocycles. The van der Waals surface area contributed by atoms with Gasteiger partial charge in [0.05, 0.1) is 32.1 Å². The molecule has 16 nitrogen and oxygen atoms in total. The van der Waals surface area contributed by atoms with Crippen LogP contribution in [0, 0.1) is 11.3 Å². The Hall–Kier alpha value is -5.23. The molecule has 1 amide bonds. The molecule has 2 atom stereocenters. The molecule has 23 heteroatoms. The maximum absolute atomic E-state index is 14.2. The van der Waals surface area contributed by atoms with Crippen molar-refractivity contribution in [2.24, 2.45) is 15.7 Å². The van der Waals surface area contributed by atoms with Gasteiger partial charge >= 0.3 is 5.51 Å². The first-order valence-corrected chi connectivity index (χ1v) is 30.1. The molecule has 0 bridgehead atoms. The van der Waals surface area contributed by atoms with Crippen molar-refractivity contribution in [2.45, 2.75) is 87.9 Å². The number of allylic oxidation sites excluding steroid dienone is 1. The molecule has 2 aromatic heterocycles. The number of carbonyl (C=O) groups excluding carboxylic acids is 1. The van der Waals surface area contributed by atoms with Gasteiger partial charge in [-0.15, -0.1) is 0 Å². The van der Waals surface area contributed by atoms with Crippen LogP contribution in [-0.4, -0.2) is 133 Å². The van der Waals surface area contributed by atoms with Crippen LogP contribution in [-0.2, 0) is 29.6 Å². The predicted octanol–water partition coefficient (Wildman–Crippen LogP) is 9.16. The van der Waals surface area contributed by atoms with Crippen LogP contribution in [0.3, 0.4) is 0 Å². The molecule has 0 radical (unpaired) electrons. The molecule has 4 N–H and O–H groups in total. The Bertz CT molecular complexity index is 3290. The molecule has 5 aromatic rings. The number of halogens is 4. The maximum atomic E-state index is 14.2. The van der Waals surface area contributed by atoms with E-state index < -0.39 is 68.8 Å². The van der Waals surface area contributed by atoms with E-state index in [1.54, 1.807) is 51.2 Å². The third-order valence-electron chi connectivity index (χ3n) is 14.1. The summed E-state index contributed by atoms with van der Waals surface area (Å²) in [6.07, 6.45) is 5.43. The lowest BCUT2D eigenvalue weighted by molar-refractivity contribution is -0.0436. The number of aromatic nitrogens is 2. The molecule has 3 aromatic carbocycles. The van der Waals surface area contributed by atoms with Gasteiger partial charge in [-0.3, -0.25) is 9.69 Å². The fourth-order valence-corrected chi connectivity index (χ4v) is 13.8. The van der Waals surface area contributed by atoms with Gasteiger partial charge < -0.3 is 29.9 Å². The fourth-order valence-electron chi connectivity index (χ4n) is 9.47. The largest absolute Gasteiger partial charge is 0.501 e. The van der Waals surface area contributed by atoms with Crippen LogP contribution in [0.4, 0.5) is 24.5 Å². The number of nitrogens with one attached hydrogen (secondary N) is 3. The van der Waals surface area contributed by atoms with Crippen LogP contribution in [0.5, 0.6) is 11.5 Å². The van der Waals surface area contributed by atoms with Crippen LogP contribution < -0.4 is 19.7 Å². The summed E-state index contributed by atoms with van der Waals surface area (Å²) in [6.45, 7) is 14.5. The number of fused-ring (bicyclic) bond motifs is 1. The summed E-state index contributed by atoms with van der Waals surface area (Å²) in [5.41, 5.74) is -1.14. The highest BCUT2D eigenvalue weighted by Gasteiger charge is 2.48. The van der Waals surface area contributed by atoms with Crippen molar-refractivity contribution in [1.82, 2.24) is 24.5 Å². The number of rotatable bonds is 17. The summed E-state index contributed by atoms with van der Waals surface area (Å²) in [7, 11) is -13.8. The standard InChI is InChI=1S/C52H64ClF3N8O8S3/c1-34(2)49(65)60-73(67)26-24-62(25-27-73)19-16-35(3)59-45-13-11-42(30-47(45)74(68,69)52(54,55)56)75(70,71)61-50(66)43-12-10-40(29-46(43)72-41-28-37-15-18-57-48(37)58-32-41)64-22-20-63(21-23-64)33-38-14-17-51(4,5)31-44(38)36-6-8-39(53)9-7-36/h6-13,15,18,28-30,32,34-35,49,59,65H,14,16-17,19-27,31,33H2,1-5H3,(H,57,58)(H,61,66)/t35-,49?/m0/s1. The van der Waals surface area contributed by atoms with Crippen LogP contribution in [0.25, 0.3) is 16.6 Å². The highest BCUT2D eigenvalue weighted by Crippen LogP contribution is 2.44. The van der Waals surface area contributed by atoms with Gasteiger partial charge in [-0.2, -0.15) is 13.2 Å². The number of pyridine rings is 1. The summed E-state index contributed by atoms with van der Waals surface area (Å²) in [5.74, 6) is -0.732. The number of ether oxygens (including phenoxy) is 1. The third kappa shape index (κ3) is 13.5. The van der Waals surface area contributed by atoms with Crippen molar-refractivity contribution in [2.75, 3.05) is 74.1 Å². The van der Waals surface area contributed by atoms with E-state index in [0.717, 1.165) is 51.0 Å². The van der Waals surface area contributed by atoms with Crippen LogP contribution in [0.1, 0.15) is 76.2 Å². The monoisotopic (exact) mass is 1120 g/mol. The van der Waals surface area contributed by atoms with Gasteiger partial charge in [-0.25, -0.2) is 35.1 Å². The number of aliphatic hydroxyl groups excluding tert-OH is 1. The smallest absolute Gasteiger partial charge is 0.455 e. The average Bonchev–Trinajstić information content (AvgIpc) is 3.82. The van der Waals surface area contributed by atoms with Gasteiger partial charge in [0.1, 0.15) is 22.0 Å². The molecule has 0 saturated carbocycles.